The van der Waals surface area contributed by atoms with Gasteiger partial charge in [0.25, 0.3) is 0 Å². The van der Waals surface area contributed by atoms with Gasteiger partial charge in [-0.3, -0.25) is 9.59 Å². The number of imidazole rings is 1. The van der Waals surface area contributed by atoms with Crippen molar-refractivity contribution in [3.05, 3.63) is 54.1 Å². The van der Waals surface area contributed by atoms with Gasteiger partial charge in [0.1, 0.15) is 17.6 Å². The summed E-state index contributed by atoms with van der Waals surface area (Å²) < 4.78 is 37.6. The second-order valence-electron chi connectivity index (χ2n) is 7.65. The topological polar surface area (TPSA) is 99.8 Å². The monoisotopic (exact) mass is 431 g/mol. The molecule has 1 aliphatic rings. The molecule has 3 atom stereocenters. The number of aromatic nitrogens is 3. The first-order chi connectivity index (χ1) is 14.7. The van der Waals surface area contributed by atoms with E-state index in [2.05, 4.69) is 25.6 Å². The van der Waals surface area contributed by atoms with Crippen LogP contribution in [0.25, 0.3) is 11.0 Å². The molecule has 0 unspecified atom stereocenters. The molecule has 2 aromatic heterocycles. The number of alkyl halides is 3. The van der Waals surface area contributed by atoms with E-state index >= 15 is 0 Å². The Morgan fingerprint density at radius 3 is 2.68 bits per heavy atom. The van der Waals surface area contributed by atoms with Crippen molar-refractivity contribution in [2.24, 2.45) is 5.92 Å². The number of hydrogen-bond donors (Lipinski definition) is 3. The predicted octanol–water partition coefficient (Wildman–Crippen LogP) is 3.61. The Morgan fingerprint density at radius 1 is 1.23 bits per heavy atom. The minimum absolute atomic E-state index is 0.117. The number of carbonyl (C=O) groups is 2. The fourth-order valence-electron chi connectivity index (χ4n) is 3.45. The highest BCUT2D eigenvalue weighted by Crippen LogP contribution is 2.48. The van der Waals surface area contributed by atoms with Crippen LogP contribution in [0.4, 0.5) is 18.9 Å². The molecule has 3 aromatic rings. The average molecular weight is 431 g/mol. The summed E-state index contributed by atoms with van der Waals surface area (Å²) in [7, 11) is 0. The van der Waals surface area contributed by atoms with Crippen molar-refractivity contribution in [1.29, 1.82) is 0 Å². The summed E-state index contributed by atoms with van der Waals surface area (Å²) in [4.78, 5) is 35.7. The van der Waals surface area contributed by atoms with Gasteiger partial charge in [0.15, 0.2) is 0 Å². The number of para-hydroxylation sites is 2. The normalized spacial score (nSPS) is 19.1. The van der Waals surface area contributed by atoms with Crippen LogP contribution in [-0.2, 0) is 15.8 Å². The van der Waals surface area contributed by atoms with Crippen molar-refractivity contribution in [3.8, 4) is 0 Å². The fourth-order valence-corrected chi connectivity index (χ4v) is 3.45. The number of fused-ring (bicyclic) bond motifs is 1. The average Bonchev–Trinajstić information content (AvgIpc) is 3.33. The highest BCUT2D eigenvalue weighted by Gasteiger charge is 2.42. The van der Waals surface area contributed by atoms with E-state index in [9.17, 15) is 22.8 Å². The molecule has 0 spiro atoms. The van der Waals surface area contributed by atoms with Gasteiger partial charge in [0, 0.05) is 12.3 Å². The molecule has 10 heteroatoms. The molecule has 1 aromatic carbocycles. The second kappa shape index (κ2) is 8.01. The number of nitrogens with one attached hydrogen (secondary N) is 3. The molecule has 0 radical (unpaired) electrons. The van der Waals surface area contributed by atoms with Crippen LogP contribution in [0.2, 0.25) is 0 Å². The molecule has 1 saturated carbocycles. The maximum atomic E-state index is 12.5. The number of carbonyl (C=O) groups excluding carboxylic acids is 2. The lowest BCUT2D eigenvalue weighted by molar-refractivity contribution is -0.141. The summed E-state index contributed by atoms with van der Waals surface area (Å²) in [5.41, 5.74) is 0.910. The van der Waals surface area contributed by atoms with Gasteiger partial charge in [-0.1, -0.05) is 12.1 Å². The molecule has 0 aliphatic heterocycles. The van der Waals surface area contributed by atoms with Crippen LogP contribution in [0.1, 0.15) is 37.2 Å². The lowest BCUT2D eigenvalue weighted by Crippen LogP contribution is -2.41. The van der Waals surface area contributed by atoms with E-state index in [0.29, 0.717) is 0 Å². The number of halogens is 3. The van der Waals surface area contributed by atoms with Crippen LogP contribution >= 0.6 is 0 Å². The molecule has 0 bridgehead atoms. The SMILES string of the molecule is C[C@H](NC(=O)C[C@@H]1C[C@@H]1c1nc2ccccc2[nH]1)C(=O)Nc1ccc(C(F)(F)F)nc1. The minimum atomic E-state index is -4.55. The van der Waals surface area contributed by atoms with Gasteiger partial charge in [-0.15, -0.1) is 0 Å². The van der Waals surface area contributed by atoms with E-state index < -0.39 is 23.8 Å². The van der Waals surface area contributed by atoms with Gasteiger partial charge >= 0.3 is 6.18 Å². The number of anilines is 1. The van der Waals surface area contributed by atoms with Crippen molar-refractivity contribution in [1.82, 2.24) is 20.3 Å². The summed E-state index contributed by atoms with van der Waals surface area (Å²) in [6.07, 6.45) is -2.52. The quantitative estimate of drug-likeness (QED) is 0.555. The summed E-state index contributed by atoms with van der Waals surface area (Å²) in [5, 5.41) is 5.07. The summed E-state index contributed by atoms with van der Waals surface area (Å²) in [5.74, 6) is 0.381. The number of hydrogen-bond acceptors (Lipinski definition) is 4. The lowest BCUT2D eigenvalue weighted by atomic mass is 10.2. The Balaban J connectivity index is 1.26. The maximum Gasteiger partial charge on any atom is 0.433 e. The predicted molar refractivity (Wildman–Crippen MR) is 107 cm³/mol. The van der Waals surface area contributed by atoms with Crippen molar-refractivity contribution < 1.29 is 22.8 Å². The van der Waals surface area contributed by atoms with Gasteiger partial charge < -0.3 is 15.6 Å². The molecule has 2 heterocycles. The minimum Gasteiger partial charge on any atom is -0.345 e. The number of benzene rings is 1. The van der Waals surface area contributed by atoms with Gasteiger partial charge in [-0.25, -0.2) is 9.97 Å². The first kappa shape index (κ1) is 20.8. The van der Waals surface area contributed by atoms with E-state index in [4.69, 9.17) is 0 Å². The van der Waals surface area contributed by atoms with E-state index in [-0.39, 0.29) is 29.9 Å². The molecule has 1 aliphatic carbocycles. The second-order valence-corrected chi connectivity index (χ2v) is 7.65. The zero-order valence-corrected chi connectivity index (χ0v) is 16.5. The molecule has 0 saturated heterocycles. The molecular formula is C21H20F3N5O2. The van der Waals surface area contributed by atoms with Crippen molar-refractivity contribution in [2.45, 2.75) is 37.9 Å². The number of aromatic amines is 1. The van der Waals surface area contributed by atoms with E-state index in [1.54, 1.807) is 0 Å². The number of rotatable bonds is 6. The standard InChI is InChI=1S/C21H20F3N5O2/c1-11(20(31)27-13-6-7-17(25-10-13)21(22,23)24)26-18(30)9-12-8-14(12)19-28-15-4-2-3-5-16(15)29-19/h2-7,10-12,14H,8-9H2,1H3,(H,26,30)(H,27,31)(H,28,29)/t11-,12-,14-/m0/s1. The van der Waals surface area contributed by atoms with E-state index in [1.807, 2.05) is 24.3 Å². The molecule has 7 nitrogen and oxygen atoms in total. The molecule has 162 valence electrons. The highest BCUT2D eigenvalue weighted by molar-refractivity contribution is 5.96. The molecule has 31 heavy (non-hydrogen) atoms. The van der Waals surface area contributed by atoms with Crippen molar-refractivity contribution >= 4 is 28.5 Å². The third kappa shape index (κ3) is 4.84. The largest absolute Gasteiger partial charge is 0.433 e. The maximum absolute atomic E-state index is 12.5. The Hall–Kier alpha value is -3.43. The Bertz CT molecular complexity index is 1080. The smallest absolute Gasteiger partial charge is 0.345 e. The van der Waals surface area contributed by atoms with Crippen LogP contribution in [0.3, 0.4) is 0 Å². The highest BCUT2D eigenvalue weighted by atomic mass is 19.4. The van der Waals surface area contributed by atoms with Crippen LogP contribution in [0.5, 0.6) is 0 Å². The number of pyridine rings is 1. The lowest BCUT2D eigenvalue weighted by Gasteiger charge is -2.14. The molecule has 1 fully saturated rings. The Labute approximate surface area is 175 Å². The fraction of sp³-hybridized carbons (Fsp3) is 0.333. The molecule has 3 N–H and O–H groups in total. The molecule has 2 amide bonds. The van der Waals surface area contributed by atoms with Crippen LogP contribution in [-0.4, -0.2) is 32.8 Å². The Kier molecular flexibility index (Phi) is 5.38. The van der Waals surface area contributed by atoms with E-state index in [1.165, 1.54) is 6.92 Å². The summed E-state index contributed by atoms with van der Waals surface area (Å²) >= 11 is 0. The molecule has 4 rings (SSSR count). The van der Waals surface area contributed by atoms with Crippen LogP contribution < -0.4 is 10.6 Å². The van der Waals surface area contributed by atoms with Gasteiger partial charge in [0.2, 0.25) is 11.8 Å². The zero-order chi connectivity index (χ0) is 22.2. The van der Waals surface area contributed by atoms with Gasteiger partial charge in [-0.2, -0.15) is 13.2 Å². The van der Waals surface area contributed by atoms with E-state index in [0.717, 1.165) is 41.6 Å². The third-order valence-corrected chi connectivity index (χ3v) is 5.22. The zero-order valence-electron chi connectivity index (χ0n) is 16.5. The first-order valence-corrected chi connectivity index (χ1v) is 9.79. The van der Waals surface area contributed by atoms with Gasteiger partial charge in [0.05, 0.1) is 22.9 Å². The number of amides is 2. The van der Waals surface area contributed by atoms with Crippen molar-refractivity contribution in [3.63, 3.8) is 0 Å². The third-order valence-electron chi connectivity index (χ3n) is 5.22. The van der Waals surface area contributed by atoms with Crippen LogP contribution in [0, 0.1) is 5.92 Å². The Morgan fingerprint density at radius 2 is 2.00 bits per heavy atom. The molecular weight excluding hydrogens is 411 g/mol. The summed E-state index contributed by atoms with van der Waals surface area (Å²) in [6.45, 7) is 1.51. The summed E-state index contributed by atoms with van der Waals surface area (Å²) in [6, 6.07) is 8.76. The number of H-pyrrole nitrogens is 1. The van der Waals surface area contributed by atoms with Crippen LogP contribution in [0.15, 0.2) is 42.6 Å². The van der Waals surface area contributed by atoms with Crippen molar-refractivity contribution in [2.75, 3.05) is 5.32 Å². The first-order valence-electron chi connectivity index (χ1n) is 9.79. The van der Waals surface area contributed by atoms with Gasteiger partial charge in [-0.05, 0) is 43.5 Å². The number of nitrogens with zero attached hydrogens (tertiary/aromatic N) is 2.